The molecule has 0 aliphatic carbocycles. The van der Waals surface area contributed by atoms with Crippen LogP contribution in [0.5, 0.6) is 0 Å². The van der Waals surface area contributed by atoms with Crippen molar-refractivity contribution in [2.45, 2.75) is 12.6 Å². The highest BCUT2D eigenvalue weighted by Crippen LogP contribution is 2.36. The topological polar surface area (TPSA) is 53.2 Å². The van der Waals surface area contributed by atoms with Crippen LogP contribution >= 0.6 is 0 Å². The van der Waals surface area contributed by atoms with Gasteiger partial charge in [-0.15, -0.1) is 0 Å². The molecule has 1 aliphatic heterocycles. The van der Waals surface area contributed by atoms with Gasteiger partial charge in [0.2, 0.25) is 5.56 Å². The van der Waals surface area contributed by atoms with E-state index >= 15 is 0 Å². The van der Waals surface area contributed by atoms with Crippen molar-refractivity contribution in [1.29, 1.82) is 0 Å². The maximum atomic E-state index is 13.1. The van der Waals surface area contributed by atoms with Crippen LogP contribution in [0.25, 0.3) is 5.57 Å². The molecular formula is C18H15F3N2O2. The van der Waals surface area contributed by atoms with E-state index in [1.54, 1.807) is 12.1 Å². The second kappa shape index (κ2) is 6.58. The van der Waals surface area contributed by atoms with Gasteiger partial charge < -0.3 is 9.88 Å². The molecule has 1 aromatic carbocycles. The number of aromatic amines is 1. The minimum atomic E-state index is -4.42. The molecule has 3 rings (SSSR count). The molecule has 4 nitrogen and oxygen atoms in total. The summed E-state index contributed by atoms with van der Waals surface area (Å²) in [5.74, 6) is -0.314. The normalized spacial score (nSPS) is 15.0. The molecule has 1 amide bonds. The summed E-state index contributed by atoms with van der Waals surface area (Å²) < 4.78 is 39.4. The Morgan fingerprint density at radius 2 is 1.92 bits per heavy atom. The first kappa shape index (κ1) is 17.0. The first-order valence-corrected chi connectivity index (χ1v) is 7.70. The number of alkyl halides is 3. The Hall–Kier alpha value is -2.83. The van der Waals surface area contributed by atoms with Gasteiger partial charge in [-0.25, -0.2) is 0 Å². The summed E-state index contributed by atoms with van der Waals surface area (Å²) in [4.78, 5) is 27.6. The zero-order valence-corrected chi connectivity index (χ0v) is 13.1. The standard InChI is InChI=1S/C18H15F3N2O2/c19-18(20,21)15-4-2-1-3-14(15)12-6-9-23(10-7-12)17(25)13-5-8-22-16(24)11-13/h1-6,8,11H,7,9-10H2,(H,22,24). The maximum Gasteiger partial charge on any atom is 0.416 e. The molecule has 7 heteroatoms. The summed E-state index contributed by atoms with van der Waals surface area (Å²) in [6.07, 6.45) is -1.07. The van der Waals surface area contributed by atoms with Crippen molar-refractivity contribution in [3.05, 3.63) is 75.7 Å². The van der Waals surface area contributed by atoms with Gasteiger partial charge in [0.15, 0.2) is 0 Å². The number of H-pyrrole nitrogens is 1. The molecule has 0 saturated carbocycles. The van der Waals surface area contributed by atoms with E-state index in [9.17, 15) is 22.8 Å². The molecule has 1 aliphatic rings. The molecule has 0 spiro atoms. The van der Waals surface area contributed by atoms with E-state index in [-0.39, 0.29) is 29.1 Å². The Morgan fingerprint density at radius 1 is 1.16 bits per heavy atom. The lowest BCUT2D eigenvalue weighted by molar-refractivity contribution is -0.137. The third-order valence-corrected chi connectivity index (χ3v) is 4.10. The number of nitrogens with zero attached hydrogens (tertiary/aromatic N) is 1. The molecule has 1 aromatic heterocycles. The van der Waals surface area contributed by atoms with Crippen molar-refractivity contribution < 1.29 is 18.0 Å². The zero-order chi connectivity index (χ0) is 18.0. The molecule has 1 N–H and O–H groups in total. The molecule has 130 valence electrons. The predicted molar refractivity (Wildman–Crippen MR) is 87.0 cm³/mol. The first-order chi connectivity index (χ1) is 11.9. The van der Waals surface area contributed by atoms with Crippen LogP contribution in [0.2, 0.25) is 0 Å². The van der Waals surface area contributed by atoms with Gasteiger partial charge >= 0.3 is 6.18 Å². The fourth-order valence-corrected chi connectivity index (χ4v) is 2.87. The molecule has 0 saturated heterocycles. The van der Waals surface area contributed by atoms with Crippen LogP contribution in [-0.2, 0) is 6.18 Å². The molecule has 0 fully saturated rings. The summed E-state index contributed by atoms with van der Waals surface area (Å²) in [7, 11) is 0. The summed E-state index contributed by atoms with van der Waals surface area (Å²) in [6, 6.07) is 8.15. The second-order valence-electron chi connectivity index (χ2n) is 5.72. The molecule has 0 radical (unpaired) electrons. The van der Waals surface area contributed by atoms with Gasteiger partial charge in [-0.1, -0.05) is 24.3 Å². The fraction of sp³-hybridized carbons (Fsp3) is 0.222. The number of rotatable bonds is 2. The maximum absolute atomic E-state index is 13.1. The second-order valence-corrected chi connectivity index (χ2v) is 5.72. The van der Waals surface area contributed by atoms with Crippen LogP contribution in [-0.4, -0.2) is 28.9 Å². The lowest BCUT2D eigenvalue weighted by Crippen LogP contribution is -2.35. The van der Waals surface area contributed by atoms with Gasteiger partial charge in [0.25, 0.3) is 5.91 Å². The van der Waals surface area contributed by atoms with E-state index in [1.807, 2.05) is 0 Å². The first-order valence-electron chi connectivity index (χ1n) is 7.70. The Balaban J connectivity index is 1.82. The number of carbonyl (C=O) groups excluding carboxylic acids is 1. The Labute approximate surface area is 141 Å². The van der Waals surface area contributed by atoms with Crippen LogP contribution in [0.3, 0.4) is 0 Å². The Morgan fingerprint density at radius 3 is 2.56 bits per heavy atom. The molecular weight excluding hydrogens is 333 g/mol. The average molecular weight is 348 g/mol. The third kappa shape index (κ3) is 3.65. The number of carbonyl (C=O) groups is 1. The van der Waals surface area contributed by atoms with Crippen LogP contribution in [0.15, 0.2) is 53.5 Å². The molecule has 0 unspecified atom stereocenters. The summed E-state index contributed by atoms with van der Waals surface area (Å²) in [5, 5.41) is 0. The Bertz CT molecular complexity index is 884. The van der Waals surface area contributed by atoms with E-state index in [1.165, 1.54) is 35.4 Å². The van der Waals surface area contributed by atoms with Crippen molar-refractivity contribution >= 4 is 11.5 Å². The van der Waals surface area contributed by atoms with Crippen molar-refractivity contribution in [3.8, 4) is 0 Å². The van der Waals surface area contributed by atoms with Gasteiger partial charge in [0.1, 0.15) is 0 Å². The van der Waals surface area contributed by atoms with Gasteiger partial charge in [-0.3, -0.25) is 9.59 Å². The summed E-state index contributed by atoms with van der Waals surface area (Å²) >= 11 is 0. The van der Waals surface area contributed by atoms with Crippen LogP contribution in [0.1, 0.15) is 27.9 Å². The number of hydrogen-bond acceptors (Lipinski definition) is 2. The van der Waals surface area contributed by atoms with Gasteiger partial charge in [0.05, 0.1) is 5.56 Å². The van der Waals surface area contributed by atoms with Crippen molar-refractivity contribution in [1.82, 2.24) is 9.88 Å². The predicted octanol–water partition coefficient (Wildman–Crippen LogP) is 3.32. The Kier molecular flexibility index (Phi) is 4.48. The summed E-state index contributed by atoms with van der Waals surface area (Å²) in [5.41, 5.74) is -0.0637. The van der Waals surface area contributed by atoms with E-state index in [0.29, 0.717) is 18.5 Å². The van der Waals surface area contributed by atoms with E-state index < -0.39 is 11.7 Å². The van der Waals surface area contributed by atoms with E-state index in [0.717, 1.165) is 6.07 Å². The number of aromatic nitrogens is 1. The highest BCUT2D eigenvalue weighted by Gasteiger charge is 2.34. The van der Waals surface area contributed by atoms with Crippen LogP contribution in [0.4, 0.5) is 13.2 Å². The molecule has 2 heterocycles. The molecule has 25 heavy (non-hydrogen) atoms. The number of amides is 1. The number of pyridine rings is 1. The monoisotopic (exact) mass is 348 g/mol. The SMILES string of the molecule is O=C(c1cc[nH]c(=O)c1)N1CC=C(c2ccccc2C(F)(F)F)CC1. The number of halogens is 3. The van der Waals surface area contributed by atoms with Crippen LogP contribution in [0, 0.1) is 0 Å². The van der Waals surface area contributed by atoms with Gasteiger partial charge in [-0.05, 0) is 29.7 Å². The van der Waals surface area contributed by atoms with Crippen molar-refractivity contribution in [3.63, 3.8) is 0 Å². The lowest BCUT2D eigenvalue weighted by atomic mass is 9.94. The highest BCUT2D eigenvalue weighted by atomic mass is 19.4. The molecule has 0 bridgehead atoms. The van der Waals surface area contributed by atoms with E-state index in [4.69, 9.17) is 0 Å². The largest absolute Gasteiger partial charge is 0.416 e. The molecule has 2 aromatic rings. The van der Waals surface area contributed by atoms with Crippen LogP contribution < -0.4 is 5.56 Å². The minimum absolute atomic E-state index is 0.151. The van der Waals surface area contributed by atoms with Crippen molar-refractivity contribution in [2.24, 2.45) is 0 Å². The van der Waals surface area contributed by atoms with E-state index in [2.05, 4.69) is 4.98 Å². The van der Waals surface area contributed by atoms with Gasteiger partial charge in [-0.2, -0.15) is 13.2 Å². The minimum Gasteiger partial charge on any atom is -0.335 e. The van der Waals surface area contributed by atoms with Gasteiger partial charge in [0, 0.05) is 30.9 Å². The smallest absolute Gasteiger partial charge is 0.335 e. The lowest BCUT2D eigenvalue weighted by Gasteiger charge is -2.27. The zero-order valence-electron chi connectivity index (χ0n) is 13.1. The number of benzene rings is 1. The highest BCUT2D eigenvalue weighted by molar-refractivity contribution is 5.94. The number of nitrogens with one attached hydrogen (secondary N) is 1. The van der Waals surface area contributed by atoms with Crippen molar-refractivity contribution in [2.75, 3.05) is 13.1 Å². The average Bonchev–Trinajstić information content (AvgIpc) is 2.60. The molecule has 0 atom stereocenters. The summed E-state index contributed by atoms with van der Waals surface area (Å²) in [6.45, 7) is 0.497. The quantitative estimate of drug-likeness (QED) is 0.905. The number of hydrogen-bond donors (Lipinski definition) is 1. The third-order valence-electron chi connectivity index (χ3n) is 4.10. The fourth-order valence-electron chi connectivity index (χ4n) is 2.87.